The van der Waals surface area contributed by atoms with Gasteiger partial charge < -0.3 is 20.9 Å². The minimum absolute atomic E-state index is 0.0331. The molecule has 25 heavy (non-hydrogen) atoms. The minimum atomic E-state index is 0.0331. The van der Waals surface area contributed by atoms with E-state index in [0.717, 1.165) is 33.7 Å². The van der Waals surface area contributed by atoms with Gasteiger partial charge in [0.05, 0.1) is 13.2 Å². The second kappa shape index (κ2) is 8.29. The van der Waals surface area contributed by atoms with Crippen LogP contribution in [0.4, 0.5) is 0 Å². The van der Waals surface area contributed by atoms with Crippen molar-refractivity contribution in [2.75, 3.05) is 26.3 Å². The molecule has 0 saturated carbocycles. The van der Waals surface area contributed by atoms with E-state index < -0.39 is 0 Å². The third kappa shape index (κ3) is 4.10. The molecule has 132 valence electrons. The molecule has 0 bridgehead atoms. The number of hydrogen-bond acceptors (Lipinski definition) is 6. The molecule has 6 heteroatoms. The van der Waals surface area contributed by atoms with E-state index in [1.54, 1.807) is 11.3 Å². The van der Waals surface area contributed by atoms with Gasteiger partial charge in [-0.15, -0.1) is 11.3 Å². The summed E-state index contributed by atoms with van der Waals surface area (Å²) in [6, 6.07) is 11.2. The molecule has 4 N–H and O–H groups in total. The Balaban J connectivity index is 1.96. The van der Waals surface area contributed by atoms with Crippen molar-refractivity contribution in [3.05, 3.63) is 46.6 Å². The molecule has 0 aliphatic heterocycles. The van der Waals surface area contributed by atoms with Crippen LogP contribution in [0.2, 0.25) is 0 Å². The summed E-state index contributed by atoms with van der Waals surface area (Å²) in [5, 5.41) is 1.42. The Bertz CT molecular complexity index is 853. The molecule has 1 heterocycles. The molecule has 0 atom stereocenters. The Kier molecular flexibility index (Phi) is 5.86. The predicted octanol–water partition coefficient (Wildman–Crippen LogP) is 2.87. The van der Waals surface area contributed by atoms with Crippen molar-refractivity contribution in [3.63, 3.8) is 0 Å². The number of nitrogens with two attached hydrogens (primary N) is 2. The summed E-state index contributed by atoms with van der Waals surface area (Å²) in [5.74, 6) is 1.51. The maximum atomic E-state index is 12.7. The van der Waals surface area contributed by atoms with Crippen molar-refractivity contribution < 1.29 is 9.47 Å². The monoisotopic (exact) mass is 358 g/mol. The average Bonchev–Trinajstić information content (AvgIpc) is 2.62. The maximum absolute atomic E-state index is 12.7. The van der Waals surface area contributed by atoms with Crippen molar-refractivity contribution in [3.8, 4) is 11.5 Å². The molecule has 0 saturated heterocycles. The van der Waals surface area contributed by atoms with Gasteiger partial charge in [0.1, 0.15) is 11.5 Å². The lowest BCUT2D eigenvalue weighted by molar-refractivity contribution is 0.314. The van der Waals surface area contributed by atoms with Crippen LogP contribution in [0.3, 0.4) is 0 Å². The van der Waals surface area contributed by atoms with Crippen LogP contribution < -0.4 is 26.4 Å². The lowest BCUT2D eigenvalue weighted by Crippen LogP contribution is -2.07. The zero-order chi connectivity index (χ0) is 17.6. The number of rotatable bonds is 8. The van der Waals surface area contributed by atoms with Gasteiger partial charge in [0.2, 0.25) is 0 Å². The summed E-state index contributed by atoms with van der Waals surface area (Å²) in [6.45, 7) is 2.34. The number of fused-ring (bicyclic) bond motifs is 2. The average molecular weight is 358 g/mol. The summed E-state index contributed by atoms with van der Waals surface area (Å²) in [5.41, 5.74) is 11.0. The topological polar surface area (TPSA) is 87.6 Å². The second-order valence-electron chi connectivity index (χ2n) is 5.73. The molecule has 1 aromatic heterocycles. The van der Waals surface area contributed by atoms with E-state index in [2.05, 4.69) is 0 Å². The Morgan fingerprint density at radius 2 is 1.28 bits per heavy atom. The van der Waals surface area contributed by atoms with Crippen LogP contribution in [0.25, 0.3) is 20.2 Å². The summed E-state index contributed by atoms with van der Waals surface area (Å²) >= 11 is 1.56. The molecule has 0 aliphatic rings. The second-order valence-corrected chi connectivity index (χ2v) is 6.81. The van der Waals surface area contributed by atoms with E-state index >= 15 is 0 Å². The van der Waals surface area contributed by atoms with Gasteiger partial charge in [0.25, 0.3) is 0 Å². The molecule has 0 radical (unpaired) electrons. The van der Waals surface area contributed by atoms with Gasteiger partial charge in [-0.1, -0.05) is 0 Å². The standard InChI is InChI=1S/C19H22N2O3S/c20-7-1-9-23-13-3-5-15-17(11-13)25-18-12-14(24-10-2-8-21)4-6-16(18)19(15)22/h3-6,11-12H,1-2,7-10,20-21H2. The molecule has 3 aromatic rings. The van der Waals surface area contributed by atoms with Crippen LogP contribution in [-0.2, 0) is 0 Å². The third-order valence-corrected chi connectivity index (χ3v) is 4.97. The Morgan fingerprint density at radius 1 is 0.800 bits per heavy atom. The highest BCUT2D eigenvalue weighted by atomic mass is 32.1. The highest BCUT2D eigenvalue weighted by Crippen LogP contribution is 2.30. The minimum Gasteiger partial charge on any atom is -0.493 e. The molecule has 0 amide bonds. The van der Waals surface area contributed by atoms with Crippen molar-refractivity contribution in [1.82, 2.24) is 0 Å². The molecule has 0 unspecified atom stereocenters. The predicted molar refractivity (Wildman–Crippen MR) is 104 cm³/mol. The van der Waals surface area contributed by atoms with Gasteiger partial charge in [-0.05, 0) is 62.3 Å². The molecular weight excluding hydrogens is 336 g/mol. The van der Waals surface area contributed by atoms with Crippen molar-refractivity contribution >= 4 is 31.5 Å². The van der Waals surface area contributed by atoms with Gasteiger partial charge in [0, 0.05) is 20.2 Å². The fraction of sp³-hybridized carbons (Fsp3) is 0.316. The van der Waals surface area contributed by atoms with Gasteiger partial charge in [0.15, 0.2) is 5.43 Å². The Hall–Kier alpha value is -2.15. The van der Waals surface area contributed by atoms with Crippen LogP contribution >= 0.6 is 11.3 Å². The van der Waals surface area contributed by atoms with Gasteiger partial charge in [-0.2, -0.15) is 0 Å². The molecule has 0 spiro atoms. The van der Waals surface area contributed by atoms with E-state index in [1.807, 2.05) is 36.4 Å². The zero-order valence-electron chi connectivity index (χ0n) is 14.0. The summed E-state index contributed by atoms with van der Waals surface area (Å²) in [6.07, 6.45) is 1.60. The Morgan fingerprint density at radius 3 is 1.72 bits per heavy atom. The van der Waals surface area contributed by atoms with Crippen molar-refractivity contribution in [2.24, 2.45) is 11.5 Å². The molecule has 0 fully saturated rings. The fourth-order valence-electron chi connectivity index (χ4n) is 2.54. The van der Waals surface area contributed by atoms with Crippen LogP contribution in [-0.4, -0.2) is 26.3 Å². The van der Waals surface area contributed by atoms with Gasteiger partial charge in [-0.25, -0.2) is 0 Å². The lowest BCUT2D eigenvalue weighted by atomic mass is 10.2. The Labute approximate surface area is 150 Å². The lowest BCUT2D eigenvalue weighted by Gasteiger charge is -2.08. The molecule has 0 aliphatic carbocycles. The van der Waals surface area contributed by atoms with Crippen LogP contribution in [0, 0.1) is 0 Å². The molecular formula is C19H22N2O3S. The molecule has 3 rings (SSSR count). The number of benzene rings is 2. The van der Waals surface area contributed by atoms with Crippen LogP contribution in [0.1, 0.15) is 12.8 Å². The maximum Gasteiger partial charge on any atom is 0.195 e. The van der Waals surface area contributed by atoms with Crippen molar-refractivity contribution in [2.45, 2.75) is 12.8 Å². The largest absolute Gasteiger partial charge is 0.493 e. The number of ether oxygens (including phenoxy) is 2. The summed E-state index contributed by atoms with van der Waals surface area (Å²) in [7, 11) is 0. The highest BCUT2D eigenvalue weighted by molar-refractivity contribution is 7.24. The first-order chi connectivity index (χ1) is 12.2. The van der Waals surface area contributed by atoms with E-state index in [0.29, 0.717) is 37.1 Å². The van der Waals surface area contributed by atoms with E-state index in [4.69, 9.17) is 20.9 Å². The number of hydrogen-bond donors (Lipinski definition) is 2. The summed E-state index contributed by atoms with van der Waals surface area (Å²) < 4.78 is 13.2. The fourth-order valence-corrected chi connectivity index (χ4v) is 3.67. The smallest absolute Gasteiger partial charge is 0.195 e. The van der Waals surface area contributed by atoms with Crippen LogP contribution in [0.5, 0.6) is 11.5 Å². The highest BCUT2D eigenvalue weighted by Gasteiger charge is 2.08. The van der Waals surface area contributed by atoms with Gasteiger partial charge in [-0.3, -0.25) is 4.79 Å². The SMILES string of the molecule is NCCCOc1ccc2c(=O)c3ccc(OCCCN)cc3sc2c1. The molecule has 2 aromatic carbocycles. The quantitative estimate of drug-likeness (QED) is 0.477. The first-order valence-corrected chi connectivity index (χ1v) is 9.21. The third-order valence-electron chi connectivity index (χ3n) is 3.85. The zero-order valence-corrected chi connectivity index (χ0v) is 14.8. The van der Waals surface area contributed by atoms with Gasteiger partial charge >= 0.3 is 0 Å². The first kappa shape index (κ1) is 17.7. The van der Waals surface area contributed by atoms with E-state index in [1.165, 1.54) is 0 Å². The van der Waals surface area contributed by atoms with E-state index in [-0.39, 0.29) is 5.43 Å². The van der Waals surface area contributed by atoms with E-state index in [9.17, 15) is 4.79 Å². The summed E-state index contributed by atoms with van der Waals surface area (Å²) in [4.78, 5) is 12.7. The molecule has 5 nitrogen and oxygen atoms in total. The van der Waals surface area contributed by atoms with Crippen molar-refractivity contribution in [1.29, 1.82) is 0 Å². The normalized spacial score (nSPS) is 11.1. The first-order valence-electron chi connectivity index (χ1n) is 8.39. The van der Waals surface area contributed by atoms with Crippen LogP contribution in [0.15, 0.2) is 41.2 Å².